The van der Waals surface area contributed by atoms with Crippen molar-refractivity contribution in [3.8, 4) is 0 Å². The summed E-state index contributed by atoms with van der Waals surface area (Å²) in [5.74, 6) is 0. The molecule has 0 radical (unpaired) electrons. The molecule has 1 aliphatic heterocycles. The number of benzene rings is 1. The molecule has 0 amide bonds. The first-order chi connectivity index (χ1) is 16.0. The van der Waals surface area contributed by atoms with Gasteiger partial charge in [0.25, 0.3) is 10.2 Å². The fourth-order valence-corrected chi connectivity index (χ4v) is 6.30. The van der Waals surface area contributed by atoms with E-state index in [0.717, 1.165) is 12.1 Å². The summed E-state index contributed by atoms with van der Waals surface area (Å²) < 4.78 is 92.2. The largest absolute Gasteiger partial charge is 0.421 e. The molecule has 1 aromatic carbocycles. The van der Waals surface area contributed by atoms with Gasteiger partial charge in [0.2, 0.25) is 10.0 Å². The quantitative estimate of drug-likeness (QED) is 0.433. The van der Waals surface area contributed by atoms with Crippen molar-refractivity contribution in [1.29, 1.82) is 0 Å². The van der Waals surface area contributed by atoms with Crippen molar-refractivity contribution in [2.75, 3.05) is 31.1 Å². The molecule has 0 unspecified atom stereocenters. The van der Waals surface area contributed by atoms with Gasteiger partial charge in [0.15, 0.2) is 5.60 Å². The van der Waals surface area contributed by atoms with Crippen LogP contribution in [0.2, 0.25) is 0 Å². The second-order valence-corrected chi connectivity index (χ2v) is 12.1. The maximum Gasteiger partial charge on any atom is 0.421 e. The van der Waals surface area contributed by atoms with Crippen LogP contribution in [0.1, 0.15) is 18.9 Å². The van der Waals surface area contributed by atoms with Gasteiger partial charge in [-0.2, -0.15) is 25.9 Å². The van der Waals surface area contributed by atoms with Crippen LogP contribution >= 0.6 is 12.2 Å². The molecule has 1 fully saturated rings. The molecule has 1 aliphatic carbocycles. The molecule has 15 heteroatoms. The number of nitrogens with one attached hydrogen (secondary N) is 1. The molecule has 35 heavy (non-hydrogen) atoms. The topological polar surface area (TPSA) is 133 Å². The van der Waals surface area contributed by atoms with Crippen LogP contribution in [0.25, 0.3) is 0 Å². The van der Waals surface area contributed by atoms with Gasteiger partial charge in [0.1, 0.15) is 0 Å². The van der Waals surface area contributed by atoms with E-state index in [1.165, 1.54) is 22.5 Å². The summed E-state index contributed by atoms with van der Waals surface area (Å²) in [5, 5.41) is 14.9. The Labute approximate surface area is 207 Å². The Morgan fingerprint density at radius 1 is 1.17 bits per heavy atom. The molecular formula is C20H25F3N4O5S3. The van der Waals surface area contributed by atoms with Crippen molar-refractivity contribution in [2.24, 2.45) is 5.14 Å². The zero-order valence-electron chi connectivity index (χ0n) is 18.6. The minimum absolute atomic E-state index is 0.000315. The molecule has 0 spiro atoms. The lowest BCUT2D eigenvalue weighted by molar-refractivity contribution is -0.258. The van der Waals surface area contributed by atoms with Crippen LogP contribution in [0.5, 0.6) is 0 Å². The highest BCUT2D eigenvalue weighted by molar-refractivity contribution is 7.96. The molecule has 2 aliphatic rings. The smallest absolute Gasteiger partial charge is 0.376 e. The molecule has 9 nitrogen and oxygen atoms in total. The van der Waals surface area contributed by atoms with Gasteiger partial charge < -0.3 is 10.0 Å². The standard InChI is InChI=1S/C20H25F3N4O5S3/c1-19(28,20(21,22)23)14-6-8-15(9-7-14)27-11-10-26(13-16(27)12-25-35(24,31)32)34(29,30)18-5-3-2-4-17(18)33/h2-3,5-9,16,25,28H,4,10-13H2,1H3,(H2,24,31,32)/t16-,19-/m1/s1. The Bertz CT molecular complexity index is 1240. The highest BCUT2D eigenvalue weighted by Crippen LogP contribution is 2.39. The molecule has 0 aromatic heterocycles. The highest BCUT2D eigenvalue weighted by atomic mass is 32.2. The number of allylic oxidation sites excluding steroid dienone is 4. The molecule has 1 heterocycles. The summed E-state index contributed by atoms with van der Waals surface area (Å²) in [6, 6.07) is 4.21. The molecule has 194 valence electrons. The van der Waals surface area contributed by atoms with E-state index < -0.39 is 38.1 Å². The number of sulfonamides is 1. The summed E-state index contributed by atoms with van der Waals surface area (Å²) in [7, 11) is -8.06. The normalized spacial score (nSPS) is 22.1. The van der Waals surface area contributed by atoms with E-state index in [1.807, 2.05) is 0 Å². The van der Waals surface area contributed by atoms with Gasteiger partial charge in [-0.3, -0.25) is 0 Å². The number of hydrogen-bond acceptors (Lipinski definition) is 7. The Hall–Kier alpha value is -1.88. The lowest BCUT2D eigenvalue weighted by Gasteiger charge is -2.42. The summed E-state index contributed by atoms with van der Waals surface area (Å²) in [4.78, 5) is 1.94. The van der Waals surface area contributed by atoms with Gasteiger partial charge in [-0.15, -0.1) is 0 Å². The predicted molar refractivity (Wildman–Crippen MR) is 129 cm³/mol. The number of piperazine rings is 1. The van der Waals surface area contributed by atoms with E-state index in [0.29, 0.717) is 19.0 Å². The summed E-state index contributed by atoms with van der Waals surface area (Å²) >= 11 is 5.20. The third-order valence-corrected chi connectivity index (χ3v) is 8.89. The number of nitrogens with two attached hydrogens (primary N) is 1. The average Bonchev–Trinajstić information content (AvgIpc) is 2.76. The van der Waals surface area contributed by atoms with E-state index in [4.69, 9.17) is 17.4 Å². The summed E-state index contributed by atoms with van der Waals surface area (Å²) in [6.45, 7) is 0.401. The molecule has 1 aromatic rings. The third-order valence-electron chi connectivity index (χ3n) is 5.86. The lowest BCUT2D eigenvalue weighted by Crippen LogP contribution is -2.59. The number of aliphatic hydroxyl groups is 1. The SMILES string of the molecule is C[C@@](O)(c1ccc(N2CCN(S(=O)(=O)C3=CC=CCC3=S)C[C@H]2CNS(N)(=O)=O)cc1)C(F)(F)F. The average molecular weight is 555 g/mol. The molecule has 4 N–H and O–H groups in total. The molecule has 0 saturated carbocycles. The van der Waals surface area contributed by atoms with E-state index >= 15 is 0 Å². The first kappa shape index (κ1) is 27.7. The van der Waals surface area contributed by atoms with Gasteiger partial charge in [-0.25, -0.2) is 18.3 Å². The van der Waals surface area contributed by atoms with Gasteiger partial charge in [0.05, 0.1) is 10.9 Å². The molecule has 1 saturated heterocycles. The van der Waals surface area contributed by atoms with Crippen molar-refractivity contribution in [3.05, 3.63) is 53.0 Å². The van der Waals surface area contributed by atoms with E-state index in [9.17, 15) is 35.1 Å². The number of alkyl halides is 3. The van der Waals surface area contributed by atoms with Gasteiger partial charge >= 0.3 is 6.18 Å². The summed E-state index contributed by atoms with van der Waals surface area (Å²) in [5.41, 5.74) is -3.02. The first-order valence-corrected chi connectivity index (χ1v) is 13.8. The van der Waals surface area contributed by atoms with Gasteiger partial charge in [0, 0.05) is 43.2 Å². The van der Waals surface area contributed by atoms with Crippen LogP contribution in [0.4, 0.5) is 18.9 Å². The van der Waals surface area contributed by atoms with Crippen molar-refractivity contribution in [2.45, 2.75) is 31.2 Å². The van der Waals surface area contributed by atoms with Crippen LogP contribution in [-0.4, -0.2) is 69.5 Å². The molecule has 2 atom stereocenters. The Balaban J connectivity index is 1.89. The zero-order chi connectivity index (χ0) is 26.2. The van der Waals surface area contributed by atoms with Crippen LogP contribution in [-0.2, 0) is 25.8 Å². The number of thiocarbonyl (C=S) groups is 1. The van der Waals surface area contributed by atoms with Crippen LogP contribution in [0.3, 0.4) is 0 Å². The Morgan fingerprint density at radius 3 is 2.34 bits per heavy atom. The molecular weight excluding hydrogens is 529 g/mol. The van der Waals surface area contributed by atoms with E-state index in [-0.39, 0.29) is 41.5 Å². The third kappa shape index (κ3) is 6.10. The van der Waals surface area contributed by atoms with Crippen molar-refractivity contribution in [1.82, 2.24) is 9.03 Å². The maximum atomic E-state index is 13.2. The molecule has 0 bridgehead atoms. The number of anilines is 1. The predicted octanol–water partition coefficient (Wildman–Crippen LogP) is 1.28. The van der Waals surface area contributed by atoms with Crippen LogP contribution in [0, 0.1) is 0 Å². The van der Waals surface area contributed by atoms with E-state index in [2.05, 4.69) is 4.72 Å². The fraction of sp³-hybridized carbons (Fsp3) is 0.450. The zero-order valence-corrected chi connectivity index (χ0v) is 21.0. The van der Waals surface area contributed by atoms with Gasteiger partial charge in [-0.05, 0) is 30.7 Å². The highest BCUT2D eigenvalue weighted by Gasteiger charge is 2.51. The number of hydrogen-bond donors (Lipinski definition) is 3. The van der Waals surface area contributed by atoms with Crippen LogP contribution < -0.4 is 14.8 Å². The van der Waals surface area contributed by atoms with Crippen LogP contribution in [0.15, 0.2) is 47.4 Å². The number of rotatable bonds is 7. The minimum atomic E-state index is -4.89. The second-order valence-electron chi connectivity index (χ2n) is 8.31. The van der Waals surface area contributed by atoms with Gasteiger partial charge in [-0.1, -0.05) is 36.5 Å². The monoisotopic (exact) mass is 554 g/mol. The minimum Gasteiger partial charge on any atom is -0.376 e. The second kappa shape index (κ2) is 9.88. The number of nitrogens with zero attached hydrogens (tertiary/aromatic N) is 2. The molecule has 3 rings (SSSR count). The van der Waals surface area contributed by atoms with Crippen molar-refractivity contribution >= 4 is 43.0 Å². The van der Waals surface area contributed by atoms with E-state index in [1.54, 1.807) is 17.1 Å². The lowest BCUT2D eigenvalue weighted by atomic mass is 9.95. The van der Waals surface area contributed by atoms with Crippen molar-refractivity contribution in [3.63, 3.8) is 0 Å². The fourth-order valence-electron chi connectivity index (χ4n) is 3.81. The number of halogens is 3. The Morgan fingerprint density at radius 2 is 1.80 bits per heavy atom. The Kier molecular flexibility index (Phi) is 7.82. The first-order valence-electron chi connectivity index (χ1n) is 10.4. The summed E-state index contributed by atoms with van der Waals surface area (Å²) in [6.07, 6.45) is 0.162. The van der Waals surface area contributed by atoms with Crippen molar-refractivity contribution < 1.29 is 35.1 Å². The maximum absolute atomic E-state index is 13.2.